The average molecular weight is 523 g/mol. The van der Waals surface area contributed by atoms with Crippen molar-refractivity contribution in [2.45, 2.75) is 25.6 Å². The van der Waals surface area contributed by atoms with Gasteiger partial charge in [-0.3, -0.25) is 4.72 Å². The summed E-state index contributed by atoms with van der Waals surface area (Å²) in [6.07, 6.45) is 2.74. The summed E-state index contributed by atoms with van der Waals surface area (Å²) in [6, 6.07) is 16.1. The van der Waals surface area contributed by atoms with E-state index in [2.05, 4.69) is 30.3 Å². The van der Waals surface area contributed by atoms with Gasteiger partial charge in [0.15, 0.2) is 0 Å². The number of hydrogen-bond donors (Lipinski definition) is 3. The summed E-state index contributed by atoms with van der Waals surface area (Å²) in [7, 11) is -3.44. The highest BCUT2D eigenvalue weighted by Crippen LogP contribution is 2.37. The van der Waals surface area contributed by atoms with E-state index in [1.165, 1.54) is 0 Å². The van der Waals surface area contributed by atoms with Gasteiger partial charge in [-0.15, -0.1) is 0 Å². The molecule has 192 valence electrons. The molecule has 11 heteroatoms. The highest BCUT2D eigenvalue weighted by molar-refractivity contribution is 7.92. The summed E-state index contributed by atoms with van der Waals surface area (Å²) in [5.41, 5.74) is 1.72. The number of rotatable bonds is 8. The van der Waals surface area contributed by atoms with Gasteiger partial charge in [-0.25, -0.2) is 27.8 Å². The van der Waals surface area contributed by atoms with Gasteiger partial charge < -0.3 is 15.4 Å². The molecule has 0 spiro atoms. The Hall–Kier alpha value is -3.83. The first kappa shape index (κ1) is 24.8. The molecule has 0 unspecified atom stereocenters. The van der Waals surface area contributed by atoms with Crippen molar-refractivity contribution in [2.24, 2.45) is 0 Å². The second kappa shape index (κ2) is 10.7. The molecule has 5 rings (SSSR count). The second-order valence-corrected chi connectivity index (χ2v) is 10.7. The van der Waals surface area contributed by atoms with Gasteiger partial charge in [-0.1, -0.05) is 24.3 Å². The SMILES string of the molecule is CCS(=O)(=O)Nc1ccc(Oc2ncccc2-c2ccnc(N[C@@H]3CNC[C@@H](F)C3)n2)c2ccccc12. The minimum Gasteiger partial charge on any atom is -0.438 e. The van der Waals surface area contributed by atoms with Crippen LogP contribution in [0.1, 0.15) is 13.3 Å². The molecule has 2 aromatic heterocycles. The number of anilines is 2. The topological polar surface area (TPSA) is 118 Å². The number of aromatic nitrogens is 3. The van der Waals surface area contributed by atoms with Crippen LogP contribution in [0.25, 0.3) is 22.0 Å². The lowest BCUT2D eigenvalue weighted by Crippen LogP contribution is -2.44. The third-order valence-electron chi connectivity index (χ3n) is 6.07. The lowest BCUT2D eigenvalue weighted by Gasteiger charge is -2.26. The van der Waals surface area contributed by atoms with Crippen molar-refractivity contribution in [3.63, 3.8) is 0 Å². The fraction of sp³-hybridized carbons (Fsp3) is 0.269. The molecule has 0 bridgehead atoms. The standard InChI is InChI=1S/C26H27FN6O3S/c1-2-37(34,35)33-23-9-10-24(20-7-4-3-6-19(20)23)36-25-21(8-5-12-29-25)22-11-13-30-26(32-22)31-18-14-17(27)15-28-16-18/h3-13,17-18,28,33H,2,14-16H2,1H3,(H,30,31,32)/t17-,18-/m0/s1. The predicted octanol–water partition coefficient (Wildman–Crippen LogP) is 4.36. The normalized spacial score (nSPS) is 17.9. The maximum absolute atomic E-state index is 13.8. The molecule has 1 saturated heterocycles. The van der Waals surface area contributed by atoms with Crippen LogP contribution in [0.5, 0.6) is 11.6 Å². The Kier molecular flexibility index (Phi) is 7.15. The predicted molar refractivity (Wildman–Crippen MR) is 142 cm³/mol. The van der Waals surface area contributed by atoms with Gasteiger partial charge in [0.1, 0.15) is 11.9 Å². The number of nitrogens with zero attached hydrogens (tertiary/aromatic N) is 3. The van der Waals surface area contributed by atoms with Crippen molar-refractivity contribution in [1.82, 2.24) is 20.3 Å². The van der Waals surface area contributed by atoms with Crippen molar-refractivity contribution in [1.29, 1.82) is 0 Å². The van der Waals surface area contributed by atoms with Crippen LogP contribution < -0.4 is 20.1 Å². The average Bonchev–Trinajstić information content (AvgIpc) is 2.90. The monoisotopic (exact) mass is 522 g/mol. The number of nitrogens with one attached hydrogen (secondary N) is 3. The fourth-order valence-electron chi connectivity index (χ4n) is 4.22. The summed E-state index contributed by atoms with van der Waals surface area (Å²) in [5.74, 6) is 1.22. The molecule has 3 N–H and O–H groups in total. The van der Waals surface area contributed by atoms with Crippen LogP contribution in [0.3, 0.4) is 0 Å². The fourth-order valence-corrected chi connectivity index (χ4v) is 4.88. The summed E-state index contributed by atoms with van der Waals surface area (Å²) < 4.78 is 47.0. The van der Waals surface area contributed by atoms with Gasteiger partial charge in [0.05, 0.1) is 22.7 Å². The van der Waals surface area contributed by atoms with Gasteiger partial charge in [0.25, 0.3) is 0 Å². The number of alkyl halides is 1. The van der Waals surface area contributed by atoms with Crippen LogP contribution in [-0.2, 0) is 10.0 Å². The summed E-state index contributed by atoms with van der Waals surface area (Å²) in [4.78, 5) is 13.3. The van der Waals surface area contributed by atoms with Gasteiger partial charge >= 0.3 is 0 Å². The molecule has 0 radical (unpaired) electrons. The van der Waals surface area contributed by atoms with Crippen LogP contribution in [0.15, 0.2) is 67.0 Å². The first-order valence-electron chi connectivity index (χ1n) is 12.0. The lowest BCUT2D eigenvalue weighted by atomic mass is 10.1. The van der Waals surface area contributed by atoms with Crippen LogP contribution in [0.2, 0.25) is 0 Å². The van der Waals surface area contributed by atoms with Crippen LogP contribution >= 0.6 is 0 Å². The highest BCUT2D eigenvalue weighted by Gasteiger charge is 2.22. The maximum atomic E-state index is 13.8. The van der Waals surface area contributed by atoms with E-state index in [-0.39, 0.29) is 11.8 Å². The van der Waals surface area contributed by atoms with Crippen molar-refractivity contribution in [2.75, 3.05) is 28.9 Å². The minimum atomic E-state index is -3.44. The van der Waals surface area contributed by atoms with Gasteiger partial charge in [0, 0.05) is 48.7 Å². The van der Waals surface area contributed by atoms with E-state index in [0.29, 0.717) is 59.4 Å². The quantitative estimate of drug-likeness (QED) is 0.313. The van der Waals surface area contributed by atoms with Gasteiger partial charge in [0.2, 0.25) is 21.9 Å². The molecule has 0 saturated carbocycles. The molecular formula is C26H27FN6O3S. The molecular weight excluding hydrogens is 495 g/mol. The Morgan fingerprint density at radius 1 is 1.03 bits per heavy atom. The van der Waals surface area contributed by atoms with E-state index in [1.807, 2.05) is 30.3 Å². The number of sulfonamides is 1. The number of fused-ring (bicyclic) bond motifs is 1. The smallest absolute Gasteiger partial charge is 0.232 e. The van der Waals surface area contributed by atoms with Crippen LogP contribution in [-0.4, -0.2) is 54.4 Å². The Labute approximate surface area is 214 Å². The Balaban J connectivity index is 1.45. The zero-order valence-corrected chi connectivity index (χ0v) is 21.0. The molecule has 2 atom stereocenters. The number of piperidine rings is 1. The zero-order valence-electron chi connectivity index (χ0n) is 20.2. The molecule has 37 heavy (non-hydrogen) atoms. The third kappa shape index (κ3) is 5.78. The molecule has 9 nitrogen and oxygen atoms in total. The Morgan fingerprint density at radius 2 is 1.86 bits per heavy atom. The van der Waals surface area contributed by atoms with E-state index in [1.54, 1.807) is 43.6 Å². The van der Waals surface area contributed by atoms with Crippen molar-refractivity contribution >= 4 is 32.4 Å². The maximum Gasteiger partial charge on any atom is 0.232 e. The Morgan fingerprint density at radius 3 is 2.68 bits per heavy atom. The summed E-state index contributed by atoms with van der Waals surface area (Å²) >= 11 is 0. The van der Waals surface area contributed by atoms with Crippen LogP contribution in [0, 0.1) is 0 Å². The zero-order chi connectivity index (χ0) is 25.8. The summed E-state index contributed by atoms with van der Waals surface area (Å²) in [6.45, 7) is 2.57. The highest BCUT2D eigenvalue weighted by atomic mass is 32.2. The minimum absolute atomic E-state index is 0.0295. The molecule has 1 aliphatic rings. The van der Waals surface area contributed by atoms with Crippen molar-refractivity contribution in [3.8, 4) is 22.9 Å². The largest absolute Gasteiger partial charge is 0.438 e. The van der Waals surface area contributed by atoms with E-state index in [4.69, 9.17) is 4.74 Å². The molecule has 2 aromatic carbocycles. The summed E-state index contributed by atoms with van der Waals surface area (Å²) in [5, 5.41) is 7.69. The number of benzene rings is 2. The lowest BCUT2D eigenvalue weighted by molar-refractivity contribution is 0.254. The molecule has 3 heterocycles. The number of ether oxygens (including phenoxy) is 1. The Bertz CT molecular complexity index is 1520. The van der Waals surface area contributed by atoms with Crippen LogP contribution in [0.4, 0.5) is 16.0 Å². The molecule has 1 fully saturated rings. The van der Waals surface area contributed by atoms with E-state index in [0.717, 1.165) is 5.39 Å². The second-order valence-electron chi connectivity index (χ2n) is 8.72. The third-order valence-corrected chi connectivity index (χ3v) is 7.36. The first-order valence-corrected chi connectivity index (χ1v) is 13.7. The van der Waals surface area contributed by atoms with Gasteiger partial charge in [-0.2, -0.15) is 0 Å². The first-order chi connectivity index (χ1) is 17.9. The van der Waals surface area contributed by atoms with E-state index >= 15 is 0 Å². The van der Waals surface area contributed by atoms with Gasteiger partial charge in [-0.05, 0) is 37.3 Å². The number of pyridine rings is 1. The molecule has 4 aromatic rings. The molecule has 0 amide bonds. The van der Waals surface area contributed by atoms with Crippen molar-refractivity contribution in [3.05, 3.63) is 67.0 Å². The molecule has 1 aliphatic heterocycles. The molecule has 0 aliphatic carbocycles. The van der Waals surface area contributed by atoms with E-state index < -0.39 is 16.2 Å². The number of hydrogen-bond acceptors (Lipinski definition) is 8. The number of halogens is 1. The van der Waals surface area contributed by atoms with E-state index in [9.17, 15) is 12.8 Å². The van der Waals surface area contributed by atoms with Crippen molar-refractivity contribution < 1.29 is 17.5 Å².